The van der Waals surface area contributed by atoms with E-state index in [9.17, 15) is 0 Å². The molecule has 3 rings (SSSR count). The van der Waals surface area contributed by atoms with E-state index in [0.717, 1.165) is 36.1 Å². The minimum Gasteiger partial charge on any atom is -0.347 e. The molecule has 1 aliphatic heterocycles. The van der Waals surface area contributed by atoms with Crippen LogP contribution in [0.5, 0.6) is 0 Å². The fourth-order valence-electron chi connectivity index (χ4n) is 2.94. The number of thioether (sulfide) groups is 1. The Morgan fingerprint density at radius 1 is 1.40 bits per heavy atom. The van der Waals surface area contributed by atoms with Gasteiger partial charge < -0.3 is 19.8 Å². The van der Waals surface area contributed by atoms with Crippen molar-refractivity contribution in [3.63, 3.8) is 0 Å². The fraction of sp³-hybridized carbons (Fsp3) is 0.846. The van der Waals surface area contributed by atoms with Gasteiger partial charge in [0.1, 0.15) is 5.82 Å². The van der Waals surface area contributed by atoms with Crippen molar-refractivity contribution in [2.24, 2.45) is 5.73 Å². The molecule has 1 saturated carbocycles. The van der Waals surface area contributed by atoms with Gasteiger partial charge in [0.25, 0.3) is 0 Å². The number of rotatable bonds is 5. The second-order valence-electron chi connectivity index (χ2n) is 5.33. The molecule has 1 unspecified atom stereocenters. The molecule has 2 heterocycles. The standard InChI is InChI=1S/C13H22N4O2S/c1-2-17-11(7-14)15-16-12(17)20-9-10-8-18-13(19-10)5-3-4-6-13/h10H,2-9,14H2,1H3. The lowest BCUT2D eigenvalue weighted by Crippen LogP contribution is -2.27. The predicted octanol–water partition coefficient (Wildman–Crippen LogP) is 1.53. The van der Waals surface area contributed by atoms with Gasteiger partial charge in [0, 0.05) is 25.1 Å². The van der Waals surface area contributed by atoms with Crippen molar-refractivity contribution in [2.45, 2.75) is 62.7 Å². The van der Waals surface area contributed by atoms with E-state index in [2.05, 4.69) is 21.7 Å². The molecule has 2 aliphatic rings. The Balaban J connectivity index is 1.56. The first kappa shape index (κ1) is 14.3. The minimum absolute atomic E-state index is 0.154. The predicted molar refractivity (Wildman–Crippen MR) is 76.3 cm³/mol. The van der Waals surface area contributed by atoms with Crippen LogP contribution in [0.4, 0.5) is 0 Å². The zero-order valence-electron chi connectivity index (χ0n) is 11.9. The molecule has 0 aromatic carbocycles. The van der Waals surface area contributed by atoms with Crippen LogP contribution in [0.15, 0.2) is 5.16 Å². The maximum absolute atomic E-state index is 6.11. The van der Waals surface area contributed by atoms with Crippen LogP contribution in [0.3, 0.4) is 0 Å². The van der Waals surface area contributed by atoms with Crippen molar-refractivity contribution >= 4 is 11.8 Å². The molecule has 1 spiro atoms. The third kappa shape index (κ3) is 2.72. The maximum atomic E-state index is 6.11. The monoisotopic (exact) mass is 298 g/mol. The smallest absolute Gasteiger partial charge is 0.191 e. The van der Waals surface area contributed by atoms with Crippen molar-refractivity contribution in [1.29, 1.82) is 0 Å². The van der Waals surface area contributed by atoms with Crippen LogP contribution in [0.2, 0.25) is 0 Å². The minimum atomic E-state index is -0.272. The average molecular weight is 298 g/mol. The van der Waals surface area contributed by atoms with Gasteiger partial charge in [0.2, 0.25) is 0 Å². The van der Waals surface area contributed by atoms with Crippen molar-refractivity contribution in [1.82, 2.24) is 14.8 Å². The van der Waals surface area contributed by atoms with Gasteiger partial charge in [-0.05, 0) is 19.8 Å². The van der Waals surface area contributed by atoms with Gasteiger partial charge in [0.05, 0.1) is 19.3 Å². The topological polar surface area (TPSA) is 75.2 Å². The van der Waals surface area contributed by atoms with Gasteiger partial charge in [-0.15, -0.1) is 10.2 Å². The molecule has 2 N–H and O–H groups in total. The van der Waals surface area contributed by atoms with Crippen LogP contribution in [0.25, 0.3) is 0 Å². The second-order valence-corrected chi connectivity index (χ2v) is 6.31. The van der Waals surface area contributed by atoms with Gasteiger partial charge in [0.15, 0.2) is 10.9 Å². The van der Waals surface area contributed by atoms with E-state index < -0.39 is 0 Å². The lowest BCUT2D eigenvalue weighted by atomic mass is 10.2. The Kier molecular flexibility index (Phi) is 4.30. The molecule has 0 bridgehead atoms. The van der Waals surface area contributed by atoms with E-state index in [0.29, 0.717) is 13.2 Å². The molecule has 0 amide bonds. The number of aromatic nitrogens is 3. The Bertz CT molecular complexity index is 459. The molecule has 20 heavy (non-hydrogen) atoms. The molecule has 7 heteroatoms. The molecule has 1 aliphatic carbocycles. The maximum Gasteiger partial charge on any atom is 0.191 e. The Hall–Kier alpha value is -0.630. The summed E-state index contributed by atoms with van der Waals surface area (Å²) in [6, 6.07) is 0. The molecule has 2 fully saturated rings. The number of ether oxygens (including phenoxy) is 2. The molecule has 1 aromatic rings. The molecule has 6 nitrogen and oxygen atoms in total. The van der Waals surface area contributed by atoms with Gasteiger partial charge in [-0.2, -0.15) is 0 Å². The van der Waals surface area contributed by atoms with Crippen LogP contribution in [0, 0.1) is 0 Å². The first-order chi connectivity index (χ1) is 9.76. The zero-order chi connectivity index (χ0) is 14.0. The zero-order valence-corrected chi connectivity index (χ0v) is 12.7. The highest BCUT2D eigenvalue weighted by Crippen LogP contribution is 2.40. The summed E-state index contributed by atoms with van der Waals surface area (Å²) < 4.78 is 14.1. The number of hydrogen-bond donors (Lipinski definition) is 1. The van der Waals surface area contributed by atoms with Crippen LogP contribution < -0.4 is 5.73 Å². The van der Waals surface area contributed by atoms with Crippen molar-refractivity contribution in [2.75, 3.05) is 12.4 Å². The van der Waals surface area contributed by atoms with Crippen molar-refractivity contribution in [3.8, 4) is 0 Å². The van der Waals surface area contributed by atoms with Crippen LogP contribution >= 0.6 is 11.8 Å². The number of nitrogens with zero attached hydrogens (tertiary/aromatic N) is 3. The SMILES string of the molecule is CCn1c(CN)nnc1SCC1COC2(CCCC2)O1. The third-order valence-corrected chi connectivity index (χ3v) is 5.07. The van der Waals surface area contributed by atoms with E-state index in [4.69, 9.17) is 15.2 Å². The van der Waals surface area contributed by atoms with Crippen LogP contribution in [-0.4, -0.2) is 39.0 Å². The highest BCUT2D eigenvalue weighted by Gasteiger charge is 2.43. The molecule has 1 saturated heterocycles. The summed E-state index contributed by atoms with van der Waals surface area (Å²) in [4.78, 5) is 0. The summed E-state index contributed by atoms with van der Waals surface area (Å²) in [6.07, 6.45) is 4.66. The molecule has 0 radical (unpaired) electrons. The highest BCUT2D eigenvalue weighted by atomic mass is 32.2. The van der Waals surface area contributed by atoms with Gasteiger partial charge >= 0.3 is 0 Å². The summed E-state index contributed by atoms with van der Waals surface area (Å²) >= 11 is 1.68. The van der Waals surface area contributed by atoms with Crippen molar-refractivity contribution < 1.29 is 9.47 Å². The first-order valence-corrected chi connectivity index (χ1v) is 8.31. The van der Waals surface area contributed by atoms with E-state index in [1.165, 1.54) is 12.8 Å². The van der Waals surface area contributed by atoms with Gasteiger partial charge in [-0.1, -0.05) is 11.8 Å². The van der Waals surface area contributed by atoms with E-state index >= 15 is 0 Å². The molecule has 112 valence electrons. The van der Waals surface area contributed by atoms with E-state index in [1.807, 2.05) is 0 Å². The lowest BCUT2D eigenvalue weighted by Gasteiger charge is -2.21. The summed E-state index contributed by atoms with van der Waals surface area (Å²) in [5.74, 6) is 1.42. The van der Waals surface area contributed by atoms with Crippen LogP contribution in [-0.2, 0) is 22.6 Å². The summed E-state index contributed by atoms with van der Waals surface area (Å²) in [5, 5.41) is 9.24. The van der Waals surface area contributed by atoms with Crippen LogP contribution in [0.1, 0.15) is 38.4 Å². The van der Waals surface area contributed by atoms with E-state index in [1.54, 1.807) is 11.8 Å². The second kappa shape index (κ2) is 6.01. The Labute approximate surface area is 123 Å². The molecular weight excluding hydrogens is 276 g/mol. The fourth-order valence-corrected chi connectivity index (χ4v) is 3.92. The Morgan fingerprint density at radius 2 is 2.20 bits per heavy atom. The van der Waals surface area contributed by atoms with E-state index in [-0.39, 0.29) is 11.9 Å². The largest absolute Gasteiger partial charge is 0.347 e. The van der Waals surface area contributed by atoms with Gasteiger partial charge in [-0.25, -0.2) is 0 Å². The van der Waals surface area contributed by atoms with Gasteiger partial charge in [-0.3, -0.25) is 0 Å². The Morgan fingerprint density at radius 3 is 2.90 bits per heavy atom. The summed E-state index contributed by atoms with van der Waals surface area (Å²) in [7, 11) is 0. The third-order valence-electron chi connectivity index (χ3n) is 3.97. The average Bonchev–Trinajstić information content (AvgIpc) is 3.18. The normalized spacial score (nSPS) is 24.8. The summed E-state index contributed by atoms with van der Waals surface area (Å²) in [6.45, 7) is 4.04. The first-order valence-electron chi connectivity index (χ1n) is 7.33. The highest BCUT2D eigenvalue weighted by molar-refractivity contribution is 7.99. The lowest BCUT2D eigenvalue weighted by molar-refractivity contribution is -0.159. The molecular formula is C13H22N4O2S. The number of nitrogens with two attached hydrogens (primary N) is 1. The quantitative estimate of drug-likeness (QED) is 0.831. The summed E-state index contributed by atoms with van der Waals surface area (Å²) in [5.41, 5.74) is 5.66. The number of hydrogen-bond acceptors (Lipinski definition) is 6. The van der Waals surface area contributed by atoms with Crippen molar-refractivity contribution in [3.05, 3.63) is 5.82 Å². The molecule has 1 aromatic heterocycles. The molecule has 1 atom stereocenters.